The van der Waals surface area contributed by atoms with Crippen molar-refractivity contribution in [2.75, 3.05) is 0 Å². The zero-order valence-electron chi connectivity index (χ0n) is 12.0. The molecule has 2 aromatic heterocycles. The van der Waals surface area contributed by atoms with Crippen LogP contribution in [-0.2, 0) is 5.41 Å². The molecule has 2 heterocycles. The van der Waals surface area contributed by atoms with Crippen molar-refractivity contribution in [2.24, 2.45) is 0 Å². The Kier molecular flexibility index (Phi) is 2.97. The zero-order valence-corrected chi connectivity index (χ0v) is 12.0. The van der Waals surface area contributed by atoms with Crippen LogP contribution in [0.4, 0.5) is 0 Å². The van der Waals surface area contributed by atoms with Crippen molar-refractivity contribution < 1.29 is 0 Å². The van der Waals surface area contributed by atoms with E-state index in [0.29, 0.717) is 0 Å². The number of hydrogen-bond acceptors (Lipinski definition) is 3. The van der Waals surface area contributed by atoms with Crippen LogP contribution in [-0.4, -0.2) is 15.0 Å². The van der Waals surface area contributed by atoms with Crippen LogP contribution in [0.1, 0.15) is 26.3 Å². The standard InChI is InChI=1S/C17H17N3/c1-17(2,3)13-9-10-18-16-14(19-11-20-15(13)16)12-7-5-4-6-8-12/h4-11H,1-3H3. The maximum absolute atomic E-state index is 4.51. The molecule has 0 spiro atoms. The molecule has 3 aromatic rings. The highest BCUT2D eigenvalue weighted by Crippen LogP contribution is 2.31. The Bertz CT molecular complexity index is 743. The molecule has 100 valence electrons. The van der Waals surface area contributed by atoms with E-state index in [1.165, 1.54) is 5.56 Å². The van der Waals surface area contributed by atoms with Gasteiger partial charge in [0.05, 0.1) is 11.2 Å². The Morgan fingerprint density at radius 3 is 2.25 bits per heavy atom. The van der Waals surface area contributed by atoms with Crippen molar-refractivity contribution in [1.29, 1.82) is 0 Å². The Hall–Kier alpha value is -2.29. The topological polar surface area (TPSA) is 38.7 Å². The average Bonchev–Trinajstić information content (AvgIpc) is 2.46. The lowest BCUT2D eigenvalue weighted by molar-refractivity contribution is 0.594. The maximum atomic E-state index is 4.51. The van der Waals surface area contributed by atoms with Crippen LogP contribution < -0.4 is 0 Å². The molecule has 0 aliphatic heterocycles. The molecule has 0 fully saturated rings. The van der Waals surface area contributed by atoms with E-state index >= 15 is 0 Å². The molecule has 3 nitrogen and oxygen atoms in total. The first-order valence-corrected chi connectivity index (χ1v) is 6.73. The van der Waals surface area contributed by atoms with Crippen molar-refractivity contribution in [3.05, 3.63) is 54.5 Å². The third kappa shape index (κ3) is 2.16. The van der Waals surface area contributed by atoms with Gasteiger partial charge in [-0.25, -0.2) is 9.97 Å². The van der Waals surface area contributed by atoms with Gasteiger partial charge >= 0.3 is 0 Å². The highest BCUT2D eigenvalue weighted by atomic mass is 14.9. The Balaban J connectivity index is 2.32. The minimum atomic E-state index is 0.0313. The molecule has 0 amide bonds. The fourth-order valence-electron chi connectivity index (χ4n) is 2.38. The fourth-order valence-corrected chi connectivity index (χ4v) is 2.38. The molecule has 0 N–H and O–H groups in total. The van der Waals surface area contributed by atoms with Crippen molar-refractivity contribution in [3.8, 4) is 11.3 Å². The second kappa shape index (κ2) is 4.67. The van der Waals surface area contributed by atoms with E-state index in [0.717, 1.165) is 22.3 Å². The largest absolute Gasteiger partial charge is 0.252 e. The number of benzene rings is 1. The van der Waals surface area contributed by atoms with Crippen LogP contribution in [0.15, 0.2) is 48.9 Å². The number of nitrogens with zero attached hydrogens (tertiary/aromatic N) is 3. The van der Waals surface area contributed by atoms with Gasteiger partial charge in [0.1, 0.15) is 11.8 Å². The Morgan fingerprint density at radius 1 is 0.800 bits per heavy atom. The highest BCUT2D eigenvalue weighted by molar-refractivity contribution is 5.90. The van der Waals surface area contributed by atoms with Crippen LogP contribution in [0, 0.1) is 0 Å². The van der Waals surface area contributed by atoms with Crippen molar-refractivity contribution in [1.82, 2.24) is 15.0 Å². The Labute approximate surface area is 118 Å². The second-order valence-corrected chi connectivity index (χ2v) is 5.89. The summed E-state index contributed by atoms with van der Waals surface area (Å²) < 4.78 is 0. The molecule has 3 rings (SSSR count). The van der Waals surface area contributed by atoms with Crippen LogP contribution in [0.5, 0.6) is 0 Å². The van der Waals surface area contributed by atoms with Gasteiger partial charge in [0.15, 0.2) is 0 Å². The minimum Gasteiger partial charge on any atom is -0.252 e. The summed E-state index contributed by atoms with van der Waals surface area (Å²) in [5.74, 6) is 0. The van der Waals surface area contributed by atoms with E-state index in [-0.39, 0.29) is 5.41 Å². The monoisotopic (exact) mass is 263 g/mol. The lowest BCUT2D eigenvalue weighted by Gasteiger charge is -2.20. The van der Waals surface area contributed by atoms with Gasteiger partial charge in [0, 0.05) is 11.8 Å². The van der Waals surface area contributed by atoms with Gasteiger partial charge < -0.3 is 0 Å². The third-order valence-electron chi connectivity index (χ3n) is 3.38. The quantitative estimate of drug-likeness (QED) is 0.666. The molecule has 0 radical (unpaired) electrons. The van der Waals surface area contributed by atoms with Crippen LogP contribution in [0.25, 0.3) is 22.3 Å². The molecule has 0 aliphatic rings. The molecule has 0 atom stereocenters. The lowest BCUT2D eigenvalue weighted by atomic mass is 9.86. The molecule has 0 saturated carbocycles. The number of hydrogen-bond donors (Lipinski definition) is 0. The first kappa shape index (κ1) is 12.7. The molecule has 0 bridgehead atoms. The fraction of sp³-hybridized carbons (Fsp3) is 0.235. The summed E-state index contributed by atoms with van der Waals surface area (Å²) >= 11 is 0. The zero-order chi connectivity index (χ0) is 14.2. The van der Waals surface area contributed by atoms with E-state index in [2.05, 4.69) is 35.7 Å². The molecule has 20 heavy (non-hydrogen) atoms. The van der Waals surface area contributed by atoms with Crippen molar-refractivity contribution in [3.63, 3.8) is 0 Å². The van der Waals surface area contributed by atoms with E-state index in [1.807, 2.05) is 42.6 Å². The highest BCUT2D eigenvalue weighted by Gasteiger charge is 2.19. The first-order valence-electron chi connectivity index (χ1n) is 6.73. The number of fused-ring (bicyclic) bond motifs is 1. The van der Waals surface area contributed by atoms with E-state index in [4.69, 9.17) is 0 Å². The SMILES string of the molecule is CC(C)(C)c1ccnc2c(-c3ccccc3)ncnc12. The van der Waals surface area contributed by atoms with E-state index in [9.17, 15) is 0 Å². The second-order valence-electron chi connectivity index (χ2n) is 5.89. The number of rotatable bonds is 1. The number of pyridine rings is 1. The molecule has 0 aliphatic carbocycles. The minimum absolute atomic E-state index is 0.0313. The Morgan fingerprint density at radius 2 is 1.55 bits per heavy atom. The summed E-state index contributed by atoms with van der Waals surface area (Å²) in [6.45, 7) is 6.56. The smallest absolute Gasteiger partial charge is 0.116 e. The maximum Gasteiger partial charge on any atom is 0.116 e. The van der Waals surface area contributed by atoms with Gasteiger partial charge in [0.25, 0.3) is 0 Å². The van der Waals surface area contributed by atoms with Gasteiger partial charge in [-0.3, -0.25) is 4.98 Å². The molecule has 0 unspecified atom stereocenters. The van der Waals surface area contributed by atoms with Gasteiger partial charge in [-0.05, 0) is 17.0 Å². The summed E-state index contributed by atoms with van der Waals surface area (Å²) in [6, 6.07) is 12.2. The third-order valence-corrected chi connectivity index (χ3v) is 3.38. The summed E-state index contributed by atoms with van der Waals surface area (Å²) in [5, 5.41) is 0. The van der Waals surface area contributed by atoms with Gasteiger partial charge in [-0.1, -0.05) is 51.1 Å². The van der Waals surface area contributed by atoms with Crippen LogP contribution >= 0.6 is 0 Å². The van der Waals surface area contributed by atoms with Gasteiger partial charge in [-0.15, -0.1) is 0 Å². The van der Waals surface area contributed by atoms with Crippen molar-refractivity contribution >= 4 is 11.0 Å². The summed E-state index contributed by atoms with van der Waals surface area (Å²) in [5.41, 5.74) is 4.99. The van der Waals surface area contributed by atoms with E-state index in [1.54, 1.807) is 6.33 Å². The summed E-state index contributed by atoms with van der Waals surface area (Å²) in [6.07, 6.45) is 3.47. The summed E-state index contributed by atoms with van der Waals surface area (Å²) in [7, 11) is 0. The normalized spacial score (nSPS) is 11.8. The first-order chi connectivity index (χ1) is 9.57. The lowest BCUT2D eigenvalue weighted by Crippen LogP contribution is -2.13. The van der Waals surface area contributed by atoms with E-state index < -0.39 is 0 Å². The molecular weight excluding hydrogens is 246 g/mol. The summed E-state index contributed by atoms with van der Waals surface area (Å²) in [4.78, 5) is 13.4. The number of aromatic nitrogens is 3. The molecule has 1 aromatic carbocycles. The average molecular weight is 263 g/mol. The van der Waals surface area contributed by atoms with Crippen LogP contribution in [0.2, 0.25) is 0 Å². The molecule has 0 saturated heterocycles. The van der Waals surface area contributed by atoms with Crippen LogP contribution in [0.3, 0.4) is 0 Å². The molecular formula is C17H17N3. The predicted molar refractivity (Wildman–Crippen MR) is 81.5 cm³/mol. The molecule has 3 heteroatoms. The predicted octanol–water partition coefficient (Wildman–Crippen LogP) is 3.99. The van der Waals surface area contributed by atoms with Gasteiger partial charge in [-0.2, -0.15) is 0 Å². The van der Waals surface area contributed by atoms with Gasteiger partial charge in [0.2, 0.25) is 0 Å². The van der Waals surface area contributed by atoms with Crippen molar-refractivity contribution in [2.45, 2.75) is 26.2 Å².